The van der Waals surface area contributed by atoms with Crippen molar-refractivity contribution in [1.82, 2.24) is 0 Å². The SMILES string of the molecule is CCO[Si](OCC)(OCC)c1ccc(I)c(C)c1. The Hall–Kier alpha value is 0.0469. The third-order valence-corrected chi connectivity index (χ3v) is 6.75. The van der Waals surface area contributed by atoms with Crippen molar-refractivity contribution in [2.75, 3.05) is 19.8 Å². The first-order valence-electron chi connectivity index (χ1n) is 6.28. The van der Waals surface area contributed by atoms with Crippen LogP contribution in [0.2, 0.25) is 0 Å². The molecule has 0 saturated heterocycles. The van der Waals surface area contributed by atoms with Crippen LogP contribution in [-0.4, -0.2) is 28.6 Å². The molecule has 0 aliphatic heterocycles. The fourth-order valence-corrected chi connectivity index (χ4v) is 4.69. The number of hydrogen-bond acceptors (Lipinski definition) is 3. The van der Waals surface area contributed by atoms with Gasteiger partial charge in [0.2, 0.25) is 0 Å². The molecule has 0 unspecified atom stereocenters. The molecule has 0 bridgehead atoms. The third-order valence-electron chi connectivity index (χ3n) is 2.51. The lowest BCUT2D eigenvalue weighted by atomic mass is 10.2. The molecule has 0 saturated carbocycles. The van der Waals surface area contributed by atoms with Crippen molar-refractivity contribution in [1.29, 1.82) is 0 Å². The molecule has 0 aliphatic rings. The molecular weight excluding hydrogens is 359 g/mol. The summed E-state index contributed by atoms with van der Waals surface area (Å²) in [6, 6.07) is 6.26. The second-order valence-corrected chi connectivity index (χ2v) is 7.54. The van der Waals surface area contributed by atoms with Gasteiger partial charge < -0.3 is 13.3 Å². The molecule has 0 atom stereocenters. The average Bonchev–Trinajstić information content (AvgIpc) is 2.33. The zero-order valence-corrected chi connectivity index (χ0v) is 14.6. The Morgan fingerprint density at radius 1 is 1.00 bits per heavy atom. The molecule has 102 valence electrons. The summed E-state index contributed by atoms with van der Waals surface area (Å²) in [5, 5.41) is 1.05. The van der Waals surface area contributed by atoms with Crippen LogP contribution in [0.15, 0.2) is 18.2 Å². The predicted octanol–water partition coefficient (Wildman–Crippen LogP) is 2.86. The van der Waals surface area contributed by atoms with Crippen LogP contribution in [-0.2, 0) is 13.3 Å². The molecule has 3 nitrogen and oxygen atoms in total. The van der Waals surface area contributed by atoms with Gasteiger partial charge >= 0.3 is 8.80 Å². The highest BCUT2D eigenvalue weighted by Gasteiger charge is 2.43. The van der Waals surface area contributed by atoms with E-state index in [1.807, 2.05) is 20.8 Å². The molecule has 1 aromatic rings. The first-order valence-corrected chi connectivity index (χ1v) is 9.08. The van der Waals surface area contributed by atoms with Gasteiger partial charge in [-0.2, -0.15) is 0 Å². The van der Waals surface area contributed by atoms with Gasteiger partial charge in [0.15, 0.2) is 0 Å². The Labute approximate surface area is 124 Å². The maximum atomic E-state index is 5.88. The maximum absolute atomic E-state index is 5.88. The van der Waals surface area contributed by atoms with Gasteiger partial charge in [0.1, 0.15) is 0 Å². The highest BCUT2D eigenvalue weighted by molar-refractivity contribution is 14.1. The van der Waals surface area contributed by atoms with Crippen LogP contribution in [0.25, 0.3) is 0 Å². The van der Waals surface area contributed by atoms with Gasteiger partial charge in [-0.1, -0.05) is 12.1 Å². The van der Waals surface area contributed by atoms with Gasteiger partial charge in [0.05, 0.1) is 0 Å². The van der Waals surface area contributed by atoms with Gasteiger partial charge in [-0.05, 0) is 61.9 Å². The second kappa shape index (κ2) is 7.59. The molecule has 0 N–H and O–H groups in total. The second-order valence-electron chi connectivity index (χ2n) is 3.82. The average molecular weight is 380 g/mol. The van der Waals surface area contributed by atoms with Gasteiger partial charge in [0, 0.05) is 28.6 Å². The van der Waals surface area contributed by atoms with Crippen molar-refractivity contribution < 1.29 is 13.3 Å². The highest BCUT2D eigenvalue weighted by Crippen LogP contribution is 2.15. The van der Waals surface area contributed by atoms with Crippen LogP contribution in [0, 0.1) is 10.5 Å². The Morgan fingerprint density at radius 2 is 1.50 bits per heavy atom. The highest BCUT2D eigenvalue weighted by atomic mass is 127. The molecule has 0 radical (unpaired) electrons. The lowest BCUT2D eigenvalue weighted by molar-refractivity contribution is 0.0859. The van der Waals surface area contributed by atoms with Crippen LogP contribution in [0.5, 0.6) is 0 Å². The van der Waals surface area contributed by atoms with Crippen LogP contribution in [0.4, 0.5) is 0 Å². The Balaban J connectivity index is 3.16. The van der Waals surface area contributed by atoms with Crippen molar-refractivity contribution in [2.45, 2.75) is 27.7 Å². The molecule has 1 rings (SSSR count). The van der Waals surface area contributed by atoms with E-state index < -0.39 is 8.80 Å². The number of halogens is 1. The minimum atomic E-state index is -2.73. The number of aryl methyl sites for hydroxylation is 1. The summed E-state index contributed by atoms with van der Waals surface area (Å²) in [6.07, 6.45) is 0. The molecule has 1 aromatic carbocycles. The molecular formula is C13H21IO3Si. The minimum absolute atomic E-state index is 0.595. The van der Waals surface area contributed by atoms with Crippen molar-refractivity contribution in [2.24, 2.45) is 0 Å². The van der Waals surface area contributed by atoms with E-state index in [1.54, 1.807) is 0 Å². The molecule has 0 spiro atoms. The summed E-state index contributed by atoms with van der Waals surface area (Å²) >= 11 is 2.33. The lowest BCUT2D eigenvalue weighted by Crippen LogP contribution is -2.57. The zero-order valence-electron chi connectivity index (χ0n) is 11.5. The zero-order chi connectivity index (χ0) is 13.6. The fourth-order valence-electron chi connectivity index (χ4n) is 1.78. The van der Waals surface area contributed by atoms with Crippen LogP contribution in [0.3, 0.4) is 0 Å². The van der Waals surface area contributed by atoms with E-state index >= 15 is 0 Å². The van der Waals surface area contributed by atoms with Gasteiger partial charge in [-0.15, -0.1) is 0 Å². The number of hydrogen-bond donors (Lipinski definition) is 0. The third kappa shape index (κ3) is 3.77. The van der Waals surface area contributed by atoms with Crippen LogP contribution >= 0.6 is 22.6 Å². The van der Waals surface area contributed by atoms with Crippen LogP contribution in [0.1, 0.15) is 26.3 Å². The van der Waals surface area contributed by atoms with E-state index in [0.29, 0.717) is 19.8 Å². The van der Waals surface area contributed by atoms with Crippen molar-refractivity contribution in [3.05, 3.63) is 27.3 Å². The van der Waals surface area contributed by atoms with Gasteiger partial charge in [-0.25, -0.2) is 0 Å². The molecule has 18 heavy (non-hydrogen) atoms. The first-order chi connectivity index (χ1) is 8.59. The number of benzene rings is 1. The van der Waals surface area contributed by atoms with Crippen molar-refractivity contribution in [3.8, 4) is 0 Å². The largest absolute Gasteiger partial charge is 0.537 e. The monoisotopic (exact) mass is 380 g/mol. The molecule has 0 heterocycles. The van der Waals surface area contributed by atoms with E-state index in [-0.39, 0.29) is 0 Å². The minimum Gasteiger partial charge on any atom is -0.370 e. The predicted molar refractivity (Wildman–Crippen MR) is 84.2 cm³/mol. The van der Waals surface area contributed by atoms with Gasteiger partial charge in [-0.3, -0.25) is 0 Å². The molecule has 5 heteroatoms. The molecule has 0 fully saturated rings. The smallest absolute Gasteiger partial charge is 0.370 e. The summed E-state index contributed by atoms with van der Waals surface area (Å²) in [4.78, 5) is 0. The topological polar surface area (TPSA) is 27.7 Å². The standard InChI is InChI=1S/C13H21IO3Si/c1-5-15-18(16-6-2,17-7-3)12-8-9-13(14)11(4)10-12/h8-10H,5-7H2,1-4H3. The van der Waals surface area contributed by atoms with E-state index in [2.05, 4.69) is 47.7 Å². The van der Waals surface area contributed by atoms with Gasteiger partial charge in [0.25, 0.3) is 0 Å². The van der Waals surface area contributed by atoms with E-state index in [9.17, 15) is 0 Å². The van der Waals surface area contributed by atoms with E-state index in [4.69, 9.17) is 13.3 Å². The molecule has 0 aliphatic carbocycles. The quantitative estimate of drug-likeness (QED) is 0.538. The van der Waals surface area contributed by atoms with Crippen molar-refractivity contribution in [3.63, 3.8) is 0 Å². The summed E-state index contributed by atoms with van der Waals surface area (Å²) in [5.41, 5.74) is 1.23. The Morgan fingerprint density at radius 3 is 1.89 bits per heavy atom. The van der Waals surface area contributed by atoms with E-state index in [1.165, 1.54) is 9.13 Å². The number of rotatable bonds is 7. The fraction of sp³-hybridized carbons (Fsp3) is 0.538. The molecule has 0 aromatic heterocycles. The molecule has 0 amide bonds. The van der Waals surface area contributed by atoms with Crippen LogP contribution < -0.4 is 5.19 Å². The summed E-state index contributed by atoms with van der Waals surface area (Å²) in [6.45, 7) is 9.79. The summed E-state index contributed by atoms with van der Waals surface area (Å²) < 4.78 is 18.9. The van der Waals surface area contributed by atoms with E-state index in [0.717, 1.165) is 5.19 Å². The Kier molecular flexibility index (Phi) is 6.79. The normalized spacial score (nSPS) is 11.8. The first kappa shape index (κ1) is 16.1. The summed E-state index contributed by atoms with van der Waals surface area (Å²) in [7, 11) is -2.73. The lowest BCUT2D eigenvalue weighted by Gasteiger charge is -2.28. The Bertz CT molecular complexity index is 367. The maximum Gasteiger partial charge on any atom is 0.537 e. The summed E-state index contributed by atoms with van der Waals surface area (Å²) in [5.74, 6) is 0. The van der Waals surface area contributed by atoms with Crippen molar-refractivity contribution >= 4 is 36.6 Å².